The third-order valence-electron chi connectivity index (χ3n) is 4.26. The van der Waals surface area contributed by atoms with Crippen LogP contribution in [-0.2, 0) is 0 Å². The van der Waals surface area contributed by atoms with Crippen molar-refractivity contribution < 1.29 is 4.74 Å². The highest BCUT2D eigenvalue weighted by atomic mass is 16.5. The fourth-order valence-corrected chi connectivity index (χ4v) is 3.19. The van der Waals surface area contributed by atoms with Gasteiger partial charge in [0.2, 0.25) is 0 Å². The zero-order valence-corrected chi connectivity index (χ0v) is 12.3. The molecule has 1 aliphatic rings. The maximum atomic E-state index is 5.37. The second-order valence-corrected chi connectivity index (χ2v) is 5.37. The summed E-state index contributed by atoms with van der Waals surface area (Å²) in [4.78, 5) is 5.98. The average molecular weight is 273 g/mol. The highest BCUT2D eigenvalue weighted by Gasteiger charge is 2.23. The standard InChI is InChI=1S/C16H23N3O/c1-3-16(19-8-6-17-7-9-19)14-11-18-15-5-4-12(20-2)10-13(14)15/h4-5,10-11,16-18H,3,6-9H2,1-2H3/t16-/m1/s1. The second kappa shape index (κ2) is 5.85. The molecule has 0 spiro atoms. The lowest BCUT2D eigenvalue weighted by molar-refractivity contribution is 0.170. The number of nitrogens with zero attached hydrogens (tertiary/aromatic N) is 1. The molecule has 20 heavy (non-hydrogen) atoms. The topological polar surface area (TPSA) is 40.3 Å². The highest BCUT2D eigenvalue weighted by Crippen LogP contribution is 2.32. The van der Waals surface area contributed by atoms with E-state index in [1.165, 1.54) is 16.5 Å². The average Bonchev–Trinajstić information content (AvgIpc) is 2.92. The monoisotopic (exact) mass is 273 g/mol. The Hall–Kier alpha value is -1.52. The van der Waals surface area contributed by atoms with Crippen LogP contribution in [0.1, 0.15) is 24.9 Å². The fourth-order valence-electron chi connectivity index (χ4n) is 3.19. The molecule has 0 bridgehead atoms. The van der Waals surface area contributed by atoms with E-state index in [4.69, 9.17) is 4.74 Å². The van der Waals surface area contributed by atoms with Gasteiger partial charge in [0.25, 0.3) is 0 Å². The van der Waals surface area contributed by atoms with Gasteiger partial charge in [-0.1, -0.05) is 6.92 Å². The number of methoxy groups -OCH3 is 1. The van der Waals surface area contributed by atoms with Crippen LogP contribution in [0, 0.1) is 0 Å². The van der Waals surface area contributed by atoms with Gasteiger partial charge in [-0.2, -0.15) is 0 Å². The first kappa shape index (κ1) is 13.5. The lowest BCUT2D eigenvalue weighted by atomic mass is 10.0. The molecule has 0 aliphatic carbocycles. The molecule has 1 atom stereocenters. The summed E-state index contributed by atoms with van der Waals surface area (Å²) in [6.07, 6.45) is 3.30. The summed E-state index contributed by atoms with van der Waals surface area (Å²) in [5.41, 5.74) is 2.58. The number of fused-ring (bicyclic) bond motifs is 1. The van der Waals surface area contributed by atoms with Crippen LogP contribution >= 0.6 is 0 Å². The molecule has 0 unspecified atom stereocenters. The quantitative estimate of drug-likeness (QED) is 0.899. The van der Waals surface area contributed by atoms with E-state index in [2.05, 4.69) is 40.5 Å². The minimum Gasteiger partial charge on any atom is -0.497 e. The molecule has 1 saturated heterocycles. The van der Waals surface area contributed by atoms with Gasteiger partial charge in [0.15, 0.2) is 0 Å². The van der Waals surface area contributed by atoms with Crippen molar-refractivity contribution in [2.24, 2.45) is 0 Å². The van der Waals surface area contributed by atoms with E-state index in [0.29, 0.717) is 6.04 Å². The zero-order chi connectivity index (χ0) is 13.9. The number of benzene rings is 1. The summed E-state index contributed by atoms with van der Waals surface area (Å²) < 4.78 is 5.37. The SMILES string of the molecule is CC[C@H](c1c[nH]c2ccc(OC)cc12)N1CCNCC1. The predicted octanol–water partition coefficient (Wildman–Crippen LogP) is 2.53. The molecule has 1 aromatic carbocycles. The van der Waals surface area contributed by atoms with Crippen LogP contribution in [0.4, 0.5) is 0 Å². The summed E-state index contributed by atoms with van der Waals surface area (Å²) in [6.45, 7) is 6.68. The van der Waals surface area contributed by atoms with E-state index < -0.39 is 0 Å². The molecule has 1 fully saturated rings. The van der Waals surface area contributed by atoms with Crippen LogP contribution in [0.15, 0.2) is 24.4 Å². The Labute approximate surface area is 120 Å². The van der Waals surface area contributed by atoms with Crippen molar-refractivity contribution in [2.45, 2.75) is 19.4 Å². The van der Waals surface area contributed by atoms with Crippen molar-refractivity contribution >= 4 is 10.9 Å². The number of rotatable bonds is 4. The van der Waals surface area contributed by atoms with E-state index in [0.717, 1.165) is 38.3 Å². The highest BCUT2D eigenvalue weighted by molar-refractivity contribution is 5.85. The predicted molar refractivity (Wildman–Crippen MR) is 82.3 cm³/mol. The zero-order valence-electron chi connectivity index (χ0n) is 12.3. The summed E-state index contributed by atoms with van der Waals surface area (Å²) in [6, 6.07) is 6.74. The number of aromatic amines is 1. The summed E-state index contributed by atoms with van der Waals surface area (Å²) >= 11 is 0. The molecular weight excluding hydrogens is 250 g/mol. The molecule has 3 rings (SSSR count). The number of hydrogen-bond donors (Lipinski definition) is 2. The smallest absolute Gasteiger partial charge is 0.119 e. The van der Waals surface area contributed by atoms with Gasteiger partial charge in [-0.25, -0.2) is 0 Å². The fraction of sp³-hybridized carbons (Fsp3) is 0.500. The summed E-state index contributed by atoms with van der Waals surface area (Å²) in [5, 5.41) is 4.71. The van der Waals surface area contributed by atoms with Crippen LogP contribution < -0.4 is 10.1 Å². The second-order valence-electron chi connectivity index (χ2n) is 5.37. The van der Waals surface area contributed by atoms with Crippen LogP contribution in [0.2, 0.25) is 0 Å². The Kier molecular flexibility index (Phi) is 3.94. The Morgan fingerprint density at radius 1 is 1.30 bits per heavy atom. The molecule has 4 heteroatoms. The van der Waals surface area contributed by atoms with Gasteiger partial charge in [0, 0.05) is 49.3 Å². The first-order valence-corrected chi connectivity index (χ1v) is 7.43. The Bertz CT molecular complexity index is 572. The van der Waals surface area contributed by atoms with Gasteiger partial charge in [-0.15, -0.1) is 0 Å². The number of nitrogens with one attached hydrogen (secondary N) is 2. The van der Waals surface area contributed by atoms with E-state index in [9.17, 15) is 0 Å². The van der Waals surface area contributed by atoms with E-state index in [1.54, 1.807) is 7.11 Å². The van der Waals surface area contributed by atoms with Crippen molar-refractivity contribution in [2.75, 3.05) is 33.3 Å². The van der Waals surface area contributed by atoms with Crippen molar-refractivity contribution in [3.8, 4) is 5.75 Å². The van der Waals surface area contributed by atoms with E-state index in [1.807, 2.05) is 6.07 Å². The first-order chi connectivity index (χ1) is 9.83. The Morgan fingerprint density at radius 3 is 2.80 bits per heavy atom. The largest absolute Gasteiger partial charge is 0.497 e. The lowest BCUT2D eigenvalue weighted by Gasteiger charge is -2.34. The minimum absolute atomic E-state index is 0.484. The van der Waals surface area contributed by atoms with Crippen LogP contribution in [-0.4, -0.2) is 43.2 Å². The van der Waals surface area contributed by atoms with Gasteiger partial charge in [0.05, 0.1) is 7.11 Å². The molecule has 108 valence electrons. The van der Waals surface area contributed by atoms with Gasteiger partial charge in [-0.05, 0) is 30.2 Å². The van der Waals surface area contributed by atoms with Crippen molar-refractivity contribution in [3.05, 3.63) is 30.0 Å². The van der Waals surface area contributed by atoms with Crippen LogP contribution in [0.5, 0.6) is 5.75 Å². The third-order valence-corrected chi connectivity index (χ3v) is 4.26. The van der Waals surface area contributed by atoms with Gasteiger partial charge in [-0.3, -0.25) is 4.90 Å². The molecule has 1 aliphatic heterocycles. The number of ether oxygens (including phenoxy) is 1. The molecule has 0 radical (unpaired) electrons. The van der Waals surface area contributed by atoms with Gasteiger partial charge in [0.1, 0.15) is 5.75 Å². The number of H-pyrrole nitrogens is 1. The minimum atomic E-state index is 0.484. The molecule has 2 N–H and O–H groups in total. The third kappa shape index (κ3) is 2.41. The summed E-state index contributed by atoms with van der Waals surface area (Å²) in [7, 11) is 1.72. The first-order valence-electron chi connectivity index (χ1n) is 7.43. The molecule has 0 saturated carbocycles. The maximum Gasteiger partial charge on any atom is 0.119 e. The summed E-state index contributed by atoms with van der Waals surface area (Å²) in [5.74, 6) is 0.925. The number of hydrogen-bond acceptors (Lipinski definition) is 3. The number of piperazine rings is 1. The molecule has 1 aromatic heterocycles. The van der Waals surface area contributed by atoms with Gasteiger partial charge >= 0.3 is 0 Å². The molecule has 2 aromatic rings. The van der Waals surface area contributed by atoms with Crippen molar-refractivity contribution in [3.63, 3.8) is 0 Å². The Morgan fingerprint density at radius 2 is 2.10 bits per heavy atom. The van der Waals surface area contributed by atoms with Crippen LogP contribution in [0.3, 0.4) is 0 Å². The van der Waals surface area contributed by atoms with E-state index in [-0.39, 0.29) is 0 Å². The normalized spacial score (nSPS) is 18.3. The maximum absolute atomic E-state index is 5.37. The molecule has 2 heterocycles. The van der Waals surface area contributed by atoms with Crippen molar-refractivity contribution in [1.82, 2.24) is 15.2 Å². The molecule has 0 amide bonds. The van der Waals surface area contributed by atoms with Crippen molar-refractivity contribution in [1.29, 1.82) is 0 Å². The lowest BCUT2D eigenvalue weighted by Crippen LogP contribution is -2.45. The Balaban J connectivity index is 1.97. The van der Waals surface area contributed by atoms with Crippen LogP contribution in [0.25, 0.3) is 10.9 Å². The number of aromatic nitrogens is 1. The van der Waals surface area contributed by atoms with Gasteiger partial charge < -0.3 is 15.0 Å². The molecule has 4 nitrogen and oxygen atoms in total. The van der Waals surface area contributed by atoms with E-state index >= 15 is 0 Å². The molecular formula is C16H23N3O.